The van der Waals surface area contributed by atoms with Gasteiger partial charge in [-0.05, 0) is 24.3 Å². The number of hydrogen-bond acceptors (Lipinski definition) is 2. The van der Waals surface area contributed by atoms with Crippen LogP contribution in [0.4, 0.5) is 0 Å². The maximum atomic E-state index is 11.7. The van der Waals surface area contributed by atoms with E-state index in [-0.39, 0.29) is 10.8 Å². The minimum Gasteiger partial charge on any atom is -0.871 e. The molecule has 0 saturated heterocycles. The highest BCUT2D eigenvalue weighted by Crippen LogP contribution is 2.28. The van der Waals surface area contributed by atoms with Gasteiger partial charge in [0.1, 0.15) is 13.1 Å². The van der Waals surface area contributed by atoms with Gasteiger partial charge in [-0.3, -0.25) is 4.98 Å². The van der Waals surface area contributed by atoms with Crippen LogP contribution in [-0.4, -0.2) is 4.98 Å². The summed E-state index contributed by atoms with van der Waals surface area (Å²) >= 11 is 11.7. The fraction of sp³-hybridized carbons (Fsp3) is 0.154. The van der Waals surface area contributed by atoms with Gasteiger partial charge in [0.15, 0.2) is 0 Å². The number of benzene rings is 1. The van der Waals surface area contributed by atoms with E-state index >= 15 is 0 Å². The molecule has 0 unspecified atom stereocenters. The summed E-state index contributed by atoms with van der Waals surface area (Å²) in [5.41, 5.74) is 1.78. The van der Waals surface area contributed by atoms with E-state index < -0.39 is 0 Å². The zero-order chi connectivity index (χ0) is 13.0. The molecular formula is C13H12Cl2N2O. The Morgan fingerprint density at radius 3 is 2.56 bits per heavy atom. The van der Waals surface area contributed by atoms with Crippen molar-refractivity contribution in [3.8, 4) is 5.75 Å². The number of hydrogen-bond donors (Lipinski definition) is 1. The minimum absolute atomic E-state index is 0.146. The lowest BCUT2D eigenvalue weighted by Crippen LogP contribution is -2.80. The van der Waals surface area contributed by atoms with Gasteiger partial charge in [-0.15, -0.1) is 0 Å². The van der Waals surface area contributed by atoms with Crippen LogP contribution in [-0.2, 0) is 13.1 Å². The smallest absolute Gasteiger partial charge is 0.102 e. The topological polar surface area (TPSA) is 52.6 Å². The van der Waals surface area contributed by atoms with Crippen LogP contribution in [0, 0.1) is 0 Å². The molecule has 0 aliphatic rings. The summed E-state index contributed by atoms with van der Waals surface area (Å²) in [4.78, 5) is 3.95. The van der Waals surface area contributed by atoms with Crippen LogP contribution in [0.3, 0.4) is 0 Å². The molecule has 1 aromatic heterocycles. The van der Waals surface area contributed by atoms with Gasteiger partial charge in [0.05, 0.1) is 0 Å². The van der Waals surface area contributed by atoms with E-state index in [0.29, 0.717) is 17.1 Å². The second-order valence-corrected chi connectivity index (χ2v) is 4.77. The lowest BCUT2D eigenvalue weighted by Gasteiger charge is -2.14. The van der Waals surface area contributed by atoms with Crippen molar-refractivity contribution >= 4 is 23.2 Å². The molecule has 0 saturated carbocycles. The van der Waals surface area contributed by atoms with Crippen LogP contribution in [0.25, 0.3) is 0 Å². The zero-order valence-electron chi connectivity index (χ0n) is 9.57. The van der Waals surface area contributed by atoms with Crippen molar-refractivity contribution in [2.75, 3.05) is 0 Å². The van der Waals surface area contributed by atoms with E-state index in [2.05, 4.69) is 4.98 Å². The summed E-state index contributed by atoms with van der Waals surface area (Å²) in [7, 11) is 0. The maximum Gasteiger partial charge on any atom is 0.102 e. The highest BCUT2D eigenvalue weighted by Gasteiger charge is 2.03. The van der Waals surface area contributed by atoms with Crippen LogP contribution in [0.5, 0.6) is 5.75 Å². The highest BCUT2D eigenvalue weighted by atomic mass is 35.5. The molecule has 18 heavy (non-hydrogen) atoms. The molecule has 0 amide bonds. The molecule has 1 heterocycles. The first-order valence-electron chi connectivity index (χ1n) is 5.52. The third-order valence-corrected chi connectivity index (χ3v) is 3.08. The predicted molar refractivity (Wildman–Crippen MR) is 69.5 cm³/mol. The summed E-state index contributed by atoms with van der Waals surface area (Å²) in [6.45, 7) is 1.34. The fourth-order valence-electron chi connectivity index (χ4n) is 1.68. The monoisotopic (exact) mass is 282 g/mol. The minimum atomic E-state index is -0.146. The fourth-order valence-corrected chi connectivity index (χ4v) is 2.21. The average Bonchev–Trinajstić information content (AvgIpc) is 2.36. The molecule has 0 fully saturated rings. The number of aromatic nitrogens is 1. The van der Waals surface area contributed by atoms with Gasteiger partial charge in [0.2, 0.25) is 0 Å². The van der Waals surface area contributed by atoms with Crippen LogP contribution in [0.1, 0.15) is 11.1 Å². The largest absolute Gasteiger partial charge is 0.871 e. The zero-order valence-corrected chi connectivity index (χ0v) is 11.1. The third-order valence-electron chi connectivity index (χ3n) is 2.58. The van der Waals surface area contributed by atoms with Crippen LogP contribution < -0.4 is 10.4 Å². The Morgan fingerprint density at radius 2 is 1.83 bits per heavy atom. The summed E-state index contributed by atoms with van der Waals surface area (Å²) in [6.07, 6.45) is 3.50. The molecule has 94 valence electrons. The Morgan fingerprint density at radius 1 is 1.11 bits per heavy atom. The van der Waals surface area contributed by atoms with Gasteiger partial charge in [-0.1, -0.05) is 29.0 Å². The Bertz CT molecular complexity index is 532. The van der Waals surface area contributed by atoms with Gasteiger partial charge >= 0.3 is 0 Å². The van der Waals surface area contributed by atoms with Crippen molar-refractivity contribution in [1.29, 1.82) is 0 Å². The van der Waals surface area contributed by atoms with E-state index in [4.69, 9.17) is 23.2 Å². The molecule has 0 bridgehead atoms. The number of pyridine rings is 1. The summed E-state index contributed by atoms with van der Waals surface area (Å²) in [5.74, 6) is -0.146. The van der Waals surface area contributed by atoms with Gasteiger partial charge < -0.3 is 10.4 Å². The number of rotatable bonds is 4. The van der Waals surface area contributed by atoms with Crippen molar-refractivity contribution < 1.29 is 10.4 Å². The molecule has 1 aromatic carbocycles. The molecule has 0 aliphatic carbocycles. The maximum absolute atomic E-state index is 11.7. The molecule has 0 aliphatic heterocycles. The Hall–Kier alpha value is -1.29. The van der Waals surface area contributed by atoms with E-state index in [0.717, 1.165) is 12.1 Å². The normalized spacial score (nSPS) is 10.6. The van der Waals surface area contributed by atoms with Crippen molar-refractivity contribution in [2.45, 2.75) is 13.1 Å². The van der Waals surface area contributed by atoms with Gasteiger partial charge in [0, 0.05) is 33.6 Å². The molecule has 0 spiro atoms. The van der Waals surface area contributed by atoms with Crippen LogP contribution in [0.15, 0.2) is 36.7 Å². The van der Waals surface area contributed by atoms with E-state index in [1.54, 1.807) is 18.5 Å². The molecule has 5 heteroatoms. The van der Waals surface area contributed by atoms with Crippen molar-refractivity contribution in [1.82, 2.24) is 4.98 Å². The number of nitrogens with zero attached hydrogens (tertiary/aromatic N) is 1. The second kappa shape index (κ2) is 6.05. The molecule has 2 rings (SSSR count). The second-order valence-electron chi connectivity index (χ2n) is 3.93. The molecule has 0 radical (unpaired) electrons. The molecule has 2 N–H and O–H groups in total. The van der Waals surface area contributed by atoms with E-state index in [9.17, 15) is 5.11 Å². The molecule has 2 aromatic rings. The Kier molecular flexibility index (Phi) is 4.42. The Labute approximate surface area is 115 Å². The summed E-state index contributed by atoms with van der Waals surface area (Å²) in [6, 6.07) is 7.02. The van der Waals surface area contributed by atoms with E-state index in [1.807, 2.05) is 17.4 Å². The Balaban J connectivity index is 1.99. The van der Waals surface area contributed by atoms with Gasteiger partial charge in [0.25, 0.3) is 0 Å². The molecule has 0 atom stereocenters. The van der Waals surface area contributed by atoms with Gasteiger partial charge in [-0.2, -0.15) is 0 Å². The number of nitrogens with two attached hydrogens (primary N) is 1. The molecule has 3 nitrogen and oxygen atoms in total. The average molecular weight is 283 g/mol. The third kappa shape index (κ3) is 3.35. The van der Waals surface area contributed by atoms with Crippen molar-refractivity contribution in [3.63, 3.8) is 0 Å². The van der Waals surface area contributed by atoms with Crippen molar-refractivity contribution in [2.24, 2.45) is 0 Å². The SMILES string of the molecule is [O-]c1c(Cl)cc(Cl)cc1C[NH2+]Cc1ccncc1. The first-order chi connectivity index (χ1) is 8.66. The standard InChI is InChI=1S/C13H12Cl2N2O/c14-11-5-10(13(18)12(15)6-11)8-17-7-9-1-3-16-4-2-9/h1-6,17-18H,7-8H2. The van der Waals surface area contributed by atoms with Gasteiger partial charge in [-0.25, -0.2) is 0 Å². The van der Waals surface area contributed by atoms with Crippen LogP contribution >= 0.6 is 23.2 Å². The number of halogens is 2. The number of quaternary nitrogens is 1. The first-order valence-corrected chi connectivity index (χ1v) is 6.28. The lowest BCUT2D eigenvalue weighted by atomic mass is 10.2. The first kappa shape index (κ1) is 13.1. The highest BCUT2D eigenvalue weighted by molar-refractivity contribution is 6.35. The summed E-state index contributed by atoms with van der Waals surface area (Å²) in [5, 5.41) is 14.4. The van der Waals surface area contributed by atoms with Crippen molar-refractivity contribution in [3.05, 3.63) is 57.8 Å². The van der Waals surface area contributed by atoms with Crippen LogP contribution in [0.2, 0.25) is 10.0 Å². The molecular weight excluding hydrogens is 271 g/mol. The predicted octanol–water partition coefficient (Wildman–Crippen LogP) is 1.73. The van der Waals surface area contributed by atoms with E-state index in [1.165, 1.54) is 6.07 Å². The quantitative estimate of drug-likeness (QED) is 0.929. The lowest BCUT2D eigenvalue weighted by molar-refractivity contribution is -0.686. The summed E-state index contributed by atoms with van der Waals surface area (Å²) < 4.78 is 0.